The number of fused-ring (bicyclic) bond motifs is 1. The van der Waals surface area contributed by atoms with Gasteiger partial charge < -0.3 is 15.7 Å². The van der Waals surface area contributed by atoms with E-state index >= 15 is 0 Å². The molecule has 5 rings (SSSR count). The third-order valence-electron chi connectivity index (χ3n) is 6.99. The van der Waals surface area contributed by atoms with E-state index in [0.717, 1.165) is 35.7 Å². The first kappa shape index (κ1) is 23.6. The zero-order chi connectivity index (χ0) is 24.4. The molecule has 1 saturated carbocycles. The number of alkyl halides is 3. The summed E-state index contributed by atoms with van der Waals surface area (Å²) in [4.78, 5) is 8.66. The molecule has 5 nitrogen and oxygen atoms in total. The average molecular weight is 483 g/mol. The van der Waals surface area contributed by atoms with E-state index in [2.05, 4.69) is 20.6 Å². The van der Waals surface area contributed by atoms with Crippen LogP contribution < -0.4 is 10.6 Å². The Balaban J connectivity index is 1.40. The topological polar surface area (TPSA) is 70.1 Å². The minimum Gasteiger partial charge on any atom is -0.392 e. The van der Waals surface area contributed by atoms with Gasteiger partial charge in [-0.15, -0.1) is 0 Å². The third-order valence-corrected chi connectivity index (χ3v) is 6.99. The first-order valence-corrected chi connectivity index (χ1v) is 12.2. The van der Waals surface area contributed by atoms with Gasteiger partial charge in [-0.05, 0) is 67.0 Å². The number of aliphatic hydroxyl groups is 1. The molecule has 0 saturated heterocycles. The maximum absolute atomic E-state index is 13.4. The van der Waals surface area contributed by atoms with Crippen LogP contribution in [0.2, 0.25) is 0 Å². The molecule has 3 aromatic rings. The fourth-order valence-corrected chi connectivity index (χ4v) is 5.13. The molecule has 1 fully saturated rings. The number of rotatable bonds is 6. The minimum atomic E-state index is -4.42. The molecule has 0 bridgehead atoms. The molecule has 1 aromatic heterocycles. The Morgan fingerprint density at radius 1 is 0.914 bits per heavy atom. The predicted octanol–water partition coefficient (Wildman–Crippen LogP) is 6.36. The van der Waals surface area contributed by atoms with E-state index in [1.807, 2.05) is 18.2 Å². The van der Waals surface area contributed by atoms with Gasteiger partial charge in [0.25, 0.3) is 0 Å². The molecule has 0 aliphatic heterocycles. The lowest BCUT2D eigenvalue weighted by Gasteiger charge is -2.23. The quantitative estimate of drug-likeness (QED) is 0.382. The van der Waals surface area contributed by atoms with Gasteiger partial charge in [0.2, 0.25) is 0 Å². The molecule has 35 heavy (non-hydrogen) atoms. The van der Waals surface area contributed by atoms with Gasteiger partial charge in [-0.2, -0.15) is 13.2 Å². The summed E-state index contributed by atoms with van der Waals surface area (Å²) in [5.41, 5.74) is 3.99. The van der Waals surface area contributed by atoms with Crippen molar-refractivity contribution < 1.29 is 18.3 Å². The highest BCUT2D eigenvalue weighted by atomic mass is 19.4. The fraction of sp³-hybridized carbons (Fsp3) is 0.407. The summed E-state index contributed by atoms with van der Waals surface area (Å²) in [5.74, 6) is 1.01. The Hall–Kier alpha value is -3.13. The van der Waals surface area contributed by atoms with Crippen LogP contribution in [0.15, 0.2) is 48.8 Å². The van der Waals surface area contributed by atoms with Crippen LogP contribution in [0.1, 0.15) is 48.8 Å². The van der Waals surface area contributed by atoms with Crippen molar-refractivity contribution in [2.75, 3.05) is 17.2 Å². The summed E-state index contributed by atoms with van der Waals surface area (Å²) < 4.78 is 40.3. The summed E-state index contributed by atoms with van der Waals surface area (Å²) in [6.07, 6.45) is 3.71. The second-order valence-electron chi connectivity index (χ2n) is 9.60. The van der Waals surface area contributed by atoms with Gasteiger partial charge in [0.15, 0.2) is 0 Å². The highest BCUT2D eigenvalue weighted by Crippen LogP contribution is 2.36. The lowest BCUT2D eigenvalue weighted by molar-refractivity contribution is -0.137. The van der Waals surface area contributed by atoms with E-state index in [0.29, 0.717) is 48.1 Å². The molecule has 1 heterocycles. The molecule has 2 aliphatic rings. The Morgan fingerprint density at radius 3 is 2.51 bits per heavy atom. The van der Waals surface area contributed by atoms with Crippen molar-refractivity contribution in [2.24, 2.45) is 5.92 Å². The van der Waals surface area contributed by atoms with Crippen molar-refractivity contribution in [3.8, 4) is 11.3 Å². The Labute approximate surface area is 202 Å². The van der Waals surface area contributed by atoms with Gasteiger partial charge in [0, 0.05) is 29.5 Å². The molecule has 0 spiro atoms. The van der Waals surface area contributed by atoms with Crippen LogP contribution in [0.25, 0.3) is 11.3 Å². The molecule has 1 unspecified atom stereocenters. The first-order valence-electron chi connectivity index (χ1n) is 12.2. The number of anilines is 3. The predicted molar refractivity (Wildman–Crippen MR) is 131 cm³/mol. The number of nitrogens with zero attached hydrogens (tertiary/aromatic N) is 2. The van der Waals surface area contributed by atoms with E-state index in [1.165, 1.54) is 37.7 Å². The van der Waals surface area contributed by atoms with Crippen LogP contribution in [0.3, 0.4) is 0 Å². The van der Waals surface area contributed by atoms with Gasteiger partial charge in [-0.25, -0.2) is 9.97 Å². The zero-order valence-corrected chi connectivity index (χ0v) is 19.4. The molecular formula is C27H29F3N4O. The van der Waals surface area contributed by atoms with E-state index in [1.54, 1.807) is 6.07 Å². The number of nitrogens with one attached hydrogen (secondary N) is 2. The molecule has 1 atom stereocenters. The summed E-state index contributed by atoms with van der Waals surface area (Å²) in [6, 6.07) is 11.4. The molecule has 2 aliphatic carbocycles. The lowest BCUT2D eigenvalue weighted by Crippen LogP contribution is -2.18. The Bertz CT molecular complexity index is 1190. The maximum Gasteiger partial charge on any atom is 0.416 e. The molecule has 8 heteroatoms. The number of aliphatic hydroxyl groups excluding tert-OH is 1. The van der Waals surface area contributed by atoms with E-state index in [4.69, 9.17) is 0 Å². The SMILES string of the molecule is OC1Cc2ccc(Nc3cc(-c4ccc(C(F)(F)F)cc4NCC4CCCCC4)ncn3)cc2C1. The summed E-state index contributed by atoms with van der Waals surface area (Å²) in [7, 11) is 0. The smallest absolute Gasteiger partial charge is 0.392 e. The number of aromatic nitrogens is 2. The second kappa shape index (κ2) is 9.85. The van der Waals surface area contributed by atoms with Crippen LogP contribution in [0.5, 0.6) is 0 Å². The standard InChI is InChI=1S/C27H29F3N4O/c28-27(29,30)20-7-9-23(24(13-20)31-15-17-4-2-1-3-5-17)25-14-26(33-16-32-25)34-21-8-6-18-11-22(35)12-19(18)10-21/h6-10,13-14,16-17,22,31,35H,1-5,11-12,15H2,(H,32,33,34). The van der Waals surface area contributed by atoms with Crippen molar-refractivity contribution in [1.29, 1.82) is 0 Å². The Kier molecular flexibility index (Phi) is 6.65. The van der Waals surface area contributed by atoms with Crippen molar-refractivity contribution >= 4 is 17.2 Å². The maximum atomic E-state index is 13.4. The number of hydrogen-bond donors (Lipinski definition) is 3. The van der Waals surface area contributed by atoms with E-state index < -0.39 is 11.7 Å². The highest BCUT2D eigenvalue weighted by Gasteiger charge is 2.31. The molecule has 184 valence electrons. The minimum absolute atomic E-state index is 0.342. The zero-order valence-electron chi connectivity index (χ0n) is 19.4. The molecular weight excluding hydrogens is 453 g/mol. The van der Waals surface area contributed by atoms with Gasteiger partial charge >= 0.3 is 6.18 Å². The van der Waals surface area contributed by atoms with E-state index in [-0.39, 0.29) is 6.10 Å². The molecule has 2 aromatic carbocycles. The molecule has 0 amide bonds. The number of halogens is 3. The summed E-state index contributed by atoms with van der Waals surface area (Å²) in [6.45, 7) is 0.644. The summed E-state index contributed by atoms with van der Waals surface area (Å²) in [5, 5.41) is 16.5. The first-order chi connectivity index (χ1) is 16.8. The van der Waals surface area contributed by atoms with Crippen LogP contribution >= 0.6 is 0 Å². The van der Waals surface area contributed by atoms with Crippen LogP contribution in [0.4, 0.5) is 30.4 Å². The lowest BCUT2D eigenvalue weighted by atomic mass is 9.89. The average Bonchev–Trinajstić information content (AvgIpc) is 3.22. The van der Waals surface area contributed by atoms with Crippen LogP contribution in [-0.4, -0.2) is 27.7 Å². The van der Waals surface area contributed by atoms with Crippen molar-refractivity contribution in [1.82, 2.24) is 9.97 Å². The fourth-order valence-electron chi connectivity index (χ4n) is 5.13. The summed E-state index contributed by atoms with van der Waals surface area (Å²) >= 11 is 0. The van der Waals surface area contributed by atoms with Crippen molar-refractivity contribution in [3.63, 3.8) is 0 Å². The second-order valence-corrected chi connectivity index (χ2v) is 9.60. The Morgan fingerprint density at radius 2 is 1.71 bits per heavy atom. The van der Waals surface area contributed by atoms with E-state index in [9.17, 15) is 18.3 Å². The van der Waals surface area contributed by atoms with Gasteiger partial charge in [0.05, 0.1) is 17.4 Å². The number of hydrogen-bond acceptors (Lipinski definition) is 5. The van der Waals surface area contributed by atoms with Crippen molar-refractivity contribution in [3.05, 3.63) is 65.5 Å². The van der Waals surface area contributed by atoms with Gasteiger partial charge in [0.1, 0.15) is 12.1 Å². The number of benzene rings is 2. The van der Waals surface area contributed by atoms with Gasteiger partial charge in [-0.3, -0.25) is 0 Å². The molecule has 0 radical (unpaired) electrons. The normalized spacial score (nSPS) is 18.3. The van der Waals surface area contributed by atoms with Crippen molar-refractivity contribution in [2.45, 2.75) is 57.2 Å². The largest absolute Gasteiger partial charge is 0.416 e. The van der Waals surface area contributed by atoms with Gasteiger partial charge in [-0.1, -0.05) is 31.4 Å². The highest BCUT2D eigenvalue weighted by molar-refractivity contribution is 5.78. The van der Waals surface area contributed by atoms with Crippen LogP contribution in [0, 0.1) is 5.92 Å². The monoisotopic (exact) mass is 482 g/mol. The van der Waals surface area contributed by atoms with Crippen LogP contribution in [-0.2, 0) is 19.0 Å². The molecule has 3 N–H and O–H groups in total. The third kappa shape index (κ3) is 5.59.